The third kappa shape index (κ3) is 1.94. The maximum absolute atomic E-state index is 12.6. The largest absolute Gasteiger partial charge is 0.380 e. The van der Waals surface area contributed by atoms with E-state index in [1.54, 1.807) is 0 Å². The Morgan fingerprint density at radius 3 is 2.91 bits per heavy atom. The fraction of sp³-hybridized carbons (Fsp3) is 0.286. The van der Waals surface area contributed by atoms with Crippen LogP contribution in [0.5, 0.6) is 0 Å². The Hall–Kier alpha value is -1.03. The number of hydrogen-bond acceptors (Lipinski definition) is 2. The second kappa shape index (κ2) is 3.39. The zero-order valence-electron chi connectivity index (χ0n) is 5.97. The molecule has 60 valence electrons. The summed E-state index contributed by atoms with van der Waals surface area (Å²) in [4.78, 5) is 3.18. The molecule has 2 nitrogen and oxygen atoms in total. The fourth-order valence-corrected chi connectivity index (χ4v) is 0.721. The van der Waals surface area contributed by atoms with Gasteiger partial charge in [0.1, 0.15) is 5.82 Å². The van der Waals surface area contributed by atoms with Gasteiger partial charge < -0.3 is 4.74 Å². The fourth-order valence-electron chi connectivity index (χ4n) is 0.721. The summed E-state index contributed by atoms with van der Waals surface area (Å²) in [5.74, 6) is -1.24. The van der Waals surface area contributed by atoms with Crippen molar-refractivity contribution in [2.45, 2.75) is 6.61 Å². The molecule has 0 atom stereocenters. The summed E-state index contributed by atoms with van der Waals surface area (Å²) in [6.07, 6.45) is 0.828. The Labute approximate surface area is 62.8 Å². The van der Waals surface area contributed by atoms with Gasteiger partial charge in [-0.15, -0.1) is 0 Å². The maximum Gasteiger partial charge on any atom is 0.218 e. The van der Waals surface area contributed by atoms with Crippen molar-refractivity contribution in [1.29, 1.82) is 0 Å². The van der Waals surface area contributed by atoms with Gasteiger partial charge in [0.15, 0.2) is 0 Å². The number of rotatable bonds is 2. The van der Waals surface area contributed by atoms with E-state index in [4.69, 9.17) is 0 Å². The summed E-state index contributed by atoms with van der Waals surface area (Å²) in [7, 11) is 1.41. The van der Waals surface area contributed by atoms with Gasteiger partial charge in [0, 0.05) is 12.7 Å². The molecule has 0 N–H and O–H groups in total. The van der Waals surface area contributed by atoms with Crippen molar-refractivity contribution < 1.29 is 13.5 Å². The number of nitrogens with zero attached hydrogens (tertiary/aromatic N) is 1. The van der Waals surface area contributed by atoms with Crippen LogP contribution in [0.4, 0.5) is 8.78 Å². The molecule has 1 aromatic rings. The molecule has 1 heterocycles. The van der Waals surface area contributed by atoms with Crippen LogP contribution in [0.1, 0.15) is 5.56 Å². The van der Waals surface area contributed by atoms with Gasteiger partial charge in [-0.05, 0) is 6.07 Å². The lowest BCUT2D eigenvalue weighted by Crippen LogP contribution is -1.96. The van der Waals surface area contributed by atoms with Crippen LogP contribution in [0.2, 0.25) is 0 Å². The lowest BCUT2D eigenvalue weighted by atomic mass is 10.3. The third-order valence-electron chi connectivity index (χ3n) is 1.18. The molecular formula is C7H7F2NO. The first kappa shape index (κ1) is 8.07. The minimum Gasteiger partial charge on any atom is -0.380 e. The first-order chi connectivity index (χ1) is 5.24. The molecule has 0 aliphatic heterocycles. The summed E-state index contributed by atoms with van der Waals surface area (Å²) < 4.78 is 29.6. The summed E-state index contributed by atoms with van der Waals surface area (Å²) in [6, 6.07) is 1.06. The van der Waals surface area contributed by atoms with Crippen LogP contribution in [0.15, 0.2) is 12.3 Å². The first-order valence-electron chi connectivity index (χ1n) is 3.03. The van der Waals surface area contributed by atoms with E-state index in [0.29, 0.717) is 0 Å². The highest BCUT2D eigenvalue weighted by molar-refractivity contribution is 5.10. The van der Waals surface area contributed by atoms with E-state index in [2.05, 4.69) is 9.72 Å². The number of halogens is 2. The molecule has 0 radical (unpaired) electrons. The molecule has 0 fully saturated rings. The van der Waals surface area contributed by atoms with Gasteiger partial charge in [0.05, 0.1) is 12.8 Å². The number of hydrogen-bond donors (Lipinski definition) is 0. The van der Waals surface area contributed by atoms with E-state index < -0.39 is 11.8 Å². The molecule has 0 spiro atoms. The predicted molar refractivity (Wildman–Crippen MR) is 34.9 cm³/mol. The van der Waals surface area contributed by atoms with E-state index in [1.807, 2.05) is 0 Å². The normalized spacial score (nSPS) is 10.1. The topological polar surface area (TPSA) is 22.1 Å². The second-order valence-electron chi connectivity index (χ2n) is 2.04. The summed E-state index contributed by atoms with van der Waals surface area (Å²) in [5, 5.41) is 0. The average molecular weight is 159 g/mol. The van der Waals surface area contributed by atoms with Crippen molar-refractivity contribution in [3.05, 3.63) is 29.6 Å². The lowest BCUT2D eigenvalue weighted by molar-refractivity contribution is 0.180. The number of pyridine rings is 1. The van der Waals surface area contributed by atoms with Gasteiger partial charge in [-0.2, -0.15) is 4.39 Å². The average Bonchev–Trinajstić information content (AvgIpc) is 1.98. The number of aromatic nitrogens is 1. The van der Waals surface area contributed by atoms with E-state index in [-0.39, 0.29) is 12.2 Å². The quantitative estimate of drug-likeness (QED) is 0.610. The molecule has 0 unspecified atom stereocenters. The van der Waals surface area contributed by atoms with Gasteiger partial charge in [-0.1, -0.05) is 0 Å². The molecule has 0 aliphatic rings. The molecule has 1 aromatic heterocycles. The number of ether oxygens (including phenoxy) is 1. The minimum atomic E-state index is -0.687. The van der Waals surface area contributed by atoms with Crippen molar-refractivity contribution >= 4 is 0 Å². The van der Waals surface area contributed by atoms with Crippen molar-refractivity contribution in [1.82, 2.24) is 4.98 Å². The van der Waals surface area contributed by atoms with Gasteiger partial charge >= 0.3 is 0 Å². The van der Waals surface area contributed by atoms with Gasteiger partial charge in [0.25, 0.3) is 0 Å². The van der Waals surface area contributed by atoms with E-state index in [0.717, 1.165) is 12.3 Å². The molecule has 1 rings (SSSR count). The van der Waals surface area contributed by atoms with Crippen LogP contribution >= 0.6 is 0 Å². The van der Waals surface area contributed by atoms with Gasteiger partial charge in [-0.3, -0.25) is 0 Å². The third-order valence-corrected chi connectivity index (χ3v) is 1.18. The SMILES string of the molecule is COCc1cc(F)cnc1F. The molecule has 0 saturated carbocycles. The molecule has 0 bridgehead atoms. The lowest BCUT2D eigenvalue weighted by Gasteiger charge is -1.99. The molecular weight excluding hydrogens is 152 g/mol. The number of methoxy groups -OCH3 is 1. The summed E-state index contributed by atoms with van der Waals surface area (Å²) >= 11 is 0. The summed E-state index contributed by atoms with van der Waals surface area (Å²) in [5.41, 5.74) is 0.132. The highest BCUT2D eigenvalue weighted by Gasteiger charge is 2.03. The minimum absolute atomic E-state index is 0.0383. The maximum atomic E-state index is 12.6. The van der Waals surface area contributed by atoms with Crippen LogP contribution in [-0.4, -0.2) is 12.1 Å². The molecule has 0 aliphatic carbocycles. The molecule has 0 aromatic carbocycles. The highest BCUT2D eigenvalue weighted by atomic mass is 19.1. The van der Waals surface area contributed by atoms with Crippen LogP contribution in [0.25, 0.3) is 0 Å². The molecule has 4 heteroatoms. The Bertz CT molecular complexity index is 252. The Balaban J connectivity index is 2.93. The molecule has 0 amide bonds. The Morgan fingerprint density at radius 2 is 2.27 bits per heavy atom. The van der Waals surface area contributed by atoms with Crippen molar-refractivity contribution in [2.24, 2.45) is 0 Å². The first-order valence-corrected chi connectivity index (χ1v) is 3.03. The van der Waals surface area contributed by atoms with Crippen molar-refractivity contribution in [3.63, 3.8) is 0 Å². The van der Waals surface area contributed by atoms with Crippen LogP contribution in [-0.2, 0) is 11.3 Å². The second-order valence-corrected chi connectivity index (χ2v) is 2.04. The van der Waals surface area contributed by atoms with Gasteiger partial charge in [-0.25, -0.2) is 9.37 Å². The van der Waals surface area contributed by atoms with Gasteiger partial charge in [0.2, 0.25) is 5.95 Å². The Kier molecular flexibility index (Phi) is 2.48. The van der Waals surface area contributed by atoms with Crippen LogP contribution < -0.4 is 0 Å². The monoisotopic (exact) mass is 159 g/mol. The van der Waals surface area contributed by atoms with Crippen LogP contribution in [0.3, 0.4) is 0 Å². The Morgan fingerprint density at radius 1 is 1.55 bits per heavy atom. The van der Waals surface area contributed by atoms with Crippen LogP contribution in [0, 0.1) is 11.8 Å². The smallest absolute Gasteiger partial charge is 0.218 e. The zero-order chi connectivity index (χ0) is 8.27. The van der Waals surface area contributed by atoms with E-state index >= 15 is 0 Å². The molecule has 11 heavy (non-hydrogen) atoms. The summed E-state index contributed by atoms with van der Waals surface area (Å²) in [6.45, 7) is 0.0383. The van der Waals surface area contributed by atoms with Crippen molar-refractivity contribution in [3.8, 4) is 0 Å². The standard InChI is InChI=1S/C7H7F2NO/c1-11-4-5-2-6(8)3-10-7(5)9/h2-3H,4H2,1H3. The van der Waals surface area contributed by atoms with E-state index in [9.17, 15) is 8.78 Å². The predicted octanol–water partition coefficient (Wildman–Crippen LogP) is 1.51. The molecule has 0 saturated heterocycles. The zero-order valence-corrected chi connectivity index (χ0v) is 5.97. The van der Waals surface area contributed by atoms with Crippen molar-refractivity contribution in [2.75, 3.05) is 7.11 Å². The van der Waals surface area contributed by atoms with E-state index in [1.165, 1.54) is 7.11 Å². The highest BCUT2D eigenvalue weighted by Crippen LogP contribution is 2.06.